The van der Waals surface area contributed by atoms with Crippen LogP contribution < -0.4 is 10.1 Å². The number of methoxy groups -OCH3 is 1. The molecule has 1 heterocycles. The molecular weight excluding hydrogens is 198 g/mol. The Morgan fingerprint density at radius 3 is 2.50 bits per heavy atom. The van der Waals surface area contributed by atoms with Gasteiger partial charge in [-0.15, -0.1) is 0 Å². The fourth-order valence-electron chi connectivity index (χ4n) is 2.42. The van der Waals surface area contributed by atoms with Crippen LogP contribution in [0.3, 0.4) is 0 Å². The maximum atomic E-state index is 5.16. The van der Waals surface area contributed by atoms with Gasteiger partial charge in [-0.05, 0) is 36.0 Å². The third-order valence-electron chi connectivity index (χ3n) is 3.31. The second-order valence-electron chi connectivity index (χ2n) is 5.50. The quantitative estimate of drug-likeness (QED) is 0.843. The standard InChI is InChI=1S/C14H21NO/c1-14(2)9-12(15-10-14)8-11-4-6-13(16-3)7-5-11/h4-7,12,15H,8-10H2,1-3H3/t12-/m0/s1. The predicted octanol–water partition coefficient (Wildman–Crippen LogP) is 2.63. The van der Waals surface area contributed by atoms with Crippen LogP contribution in [0, 0.1) is 5.41 Å². The molecule has 0 amide bonds. The Hall–Kier alpha value is -1.02. The van der Waals surface area contributed by atoms with Crippen molar-refractivity contribution in [1.29, 1.82) is 0 Å². The molecule has 0 radical (unpaired) electrons. The van der Waals surface area contributed by atoms with Gasteiger partial charge in [0.1, 0.15) is 5.75 Å². The van der Waals surface area contributed by atoms with Gasteiger partial charge >= 0.3 is 0 Å². The van der Waals surface area contributed by atoms with Crippen molar-refractivity contribution < 1.29 is 4.74 Å². The lowest BCUT2D eigenvalue weighted by Crippen LogP contribution is -2.23. The summed E-state index contributed by atoms with van der Waals surface area (Å²) in [5, 5.41) is 3.59. The van der Waals surface area contributed by atoms with E-state index in [0.29, 0.717) is 11.5 Å². The van der Waals surface area contributed by atoms with E-state index >= 15 is 0 Å². The van der Waals surface area contributed by atoms with Crippen molar-refractivity contribution in [3.8, 4) is 5.75 Å². The third kappa shape index (κ3) is 2.76. The van der Waals surface area contributed by atoms with Crippen LogP contribution in [-0.2, 0) is 6.42 Å². The molecule has 16 heavy (non-hydrogen) atoms. The van der Waals surface area contributed by atoms with Crippen LogP contribution >= 0.6 is 0 Å². The fraction of sp³-hybridized carbons (Fsp3) is 0.571. The Morgan fingerprint density at radius 2 is 2.00 bits per heavy atom. The van der Waals surface area contributed by atoms with E-state index in [0.717, 1.165) is 18.7 Å². The molecule has 1 fully saturated rings. The van der Waals surface area contributed by atoms with Crippen molar-refractivity contribution in [1.82, 2.24) is 5.32 Å². The van der Waals surface area contributed by atoms with Gasteiger partial charge in [-0.25, -0.2) is 0 Å². The highest BCUT2D eigenvalue weighted by atomic mass is 16.5. The number of ether oxygens (including phenoxy) is 1. The number of nitrogens with one attached hydrogen (secondary N) is 1. The highest BCUT2D eigenvalue weighted by molar-refractivity contribution is 5.27. The van der Waals surface area contributed by atoms with Crippen LogP contribution in [0.2, 0.25) is 0 Å². The lowest BCUT2D eigenvalue weighted by Gasteiger charge is -2.15. The Kier molecular flexibility index (Phi) is 3.20. The van der Waals surface area contributed by atoms with E-state index < -0.39 is 0 Å². The minimum absolute atomic E-state index is 0.455. The number of hydrogen-bond donors (Lipinski definition) is 1. The maximum Gasteiger partial charge on any atom is 0.118 e. The van der Waals surface area contributed by atoms with E-state index in [1.807, 2.05) is 12.1 Å². The van der Waals surface area contributed by atoms with E-state index in [1.54, 1.807) is 7.11 Å². The zero-order valence-corrected chi connectivity index (χ0v) is 10.4. The van der Waals surface area contributed by atoms with Gasteiger partial charge in [-0.1, -0.05) is 26.0 Å². The first-order valence-electron chi connectivity index (χ1n) is 5.95. The smallest absolute Gasteiger partial charge is 0.118 e. The lowest BCUT2D eigenvalue weighted by molar-refractivity contribution is 0.401. The molecule has 2 heteroatoms. The highest BCUT2D eigenvalue weighted by Gasteiger charge is 2.30. The molecule has 1 atom stereocenters. The van der Waals surface area contributed by atoms with Crippen molar-refractivity contribution in [2.24, 2.45) is 5.41 Å². The van der Waals surface area contributed by atoms with Gasteiger partial charge in [0.05, 0.1) is 7.11 Å². The lowest BCUT2D eigenvalue weighted by atomic mass is 9.89. The van der Waals surface area contributed by atoms with Crippen LogP contribution in [0.5, 0.6) is 5.75 Å². The first-order chi connectivity index (χ1) is 7.59. The molecule has 1 aromatic rings. The fourth-order valence-corrected chi connectivity index (χ4v) is 2.42. The molecule has 1 aliphatic heterocycles. The second-order valence-corrected chi connectivity index (χ2v) is 5.50. The summed E-state index contributed by atoms with van der Waals surface area (Å²) in [5.41, 5.74) is 1.84. The molecule has 1 saturated heterocycles. The first kappa shape index (κ1) is 11.5. The summed E-state index contributed by atoms with van der Waals surface area (Å²) in [6.45, 7) is 5.79. The largest absolute Gasteiger partial charge is 0.497 e. The van der Waals surface area contributed by atoms with Crippen LogP contribution in [0.15, 0.2) is 24.3 Å². The van der Waals surface area contributed by atoms with E-state index in [-0.39, 0.29) is 0 Å². The first-order valence-corrected chi connectivity index (χ1v) is 5.95. The van der Waals surface area contributed by atoms with Crippen molar-refractivity contribution in [2.75, 3.05) is 13.7 Å². The van der Waals surface area contributed by atoms with Crippen LogP contribution in [-0.4, -0.2) is 19.7 Å². The number of hydrogen-bond acceptors (Lipinski definition) is 2. The monoisotopic (exact) mass is 219 g/mol. The topological polar surface area (TPSA) is 21.3 Å². The SMILES string of the molecule is COc1ccc(C[C@H]2CC(C)(C)CN2)cc1. The molecule has 0 unspecified atom stereocenters. The van der Waals surface area contributed by atoms with Gasteiger partial charge in [0, 0.05) is 12.6 Å². The summed E-state index contributed by atoms with van der Waals surface area (Å²) in [6.07, 6.45) is 2.38. The molecule has 88 valence electrons. The molecule has 0 saturated carbocycles. The van der Waals surface area contributed by atoms with Gasteiger partial charge in [-0.3, -0.25) is 0 Å². The van der Waals surface area contributed by atoms with Crippen molar-refractivity contribution in [3.05, 3.63) is 29.8 Å². The minimum Gasteiger partial charge on any atom is -0.497 e. The Morgan fingerprint density at radius 1 is 1.31 bits per heavy atom. The molecule has 0 spiro atoms. The average molecular weight is 219 g/mol. The van der Waals surface area contributed by atoms with E-state index in [2.05, 4.69) is 31.3 Å². The van der Waals surface area contributed by atoms with Gasteiger partial charge < -0.3 is 10.1 Å². The van der Waals surface area contributed by atoms with Gasteiger partial charge in [0.25, 0.3) is 0 Å². The summed E-state index contributed by atoms with van der Waals surface area (Å²) in [4.78, 5) is 0. The summed E-state index contributed by atoms with van der Waals surface area (Å²) in [7, 11) is 1.70. The van der Waals surface area contributed by atoms with Crippen molar-refractivity contribution in [2.45, 2.75) is 32.7 Å². The van der Waals surface area contributed by atoms with Crippen molar-refractivity contribution in [3.63, 3.8) is 0 Å². The van der Waals surface area contributed by atoms with Gasteiger partial charge in [0.2, 0.25) is 0 Å². The molecule has 0 bridgehead atoms. The summed E-state index contributed by atoms with van der Waals surface area (Å²) < 4.78 is 5.16. The molecule has 0 aliphatic carbocycles. The predicted molar refractivity (Wildman–Crippen MR) is 66.9 cm³/mol. The zero-order chi connectivity index (χ0) is 11.6. The van der Waals surface area contributed by atoms with Crippen LogP contribution in [0.4, 0.5) is 0 Å². The molecule has 1 aromatic carbocycles. The minimum atomic E-state index is 0.455. The normalized spacial score (nSPS) is 23.3. The Bertz CT molecular complexity index is 342. The average Bonchev–Trinajstić information content (AvgIpc) is 2.59. The molecule has 2 nitrogen and oxygen atoms in total. The summed E-state index contributed by atoms with van der Waals surface area (Å²) in [5.74, 6) is 0.934. The van der Waals surface area contributed by atoms with Crippen LogP contribution in [0.1, 0.15) is 25.8 Å². The van der Waals surface area contributed by atoms with Crippen molar-refractivity contribution >= 4 is 0 Å². The summed E-state index contributed by atoms with van der Waals surface area (Å²) >= 11 is 0. The third-order valence-corrected chi connectivity index (χ3v) is 3.31. The van der Waals surface area contributed by atoms with Gasteiger partial charge in [0.15, 0.2) is 0 Å². The summed E-state index contributed by atoms with van der Waals surface area (Å²) in [6, 6.07) is 9.02. The van der Waals surface area contributed by atoms with E-state index in [1.165, 1.54) is 12.0 Å². The Balaban J connectivity index is 1.94. The molecule has 1 aliphatic rings. The number of benzene rings is 1. The van der Waals surface area contributed by atoms with Gasteiger partial charge in [-0.2, -0.15) is 0 Å². The van der Waals surface area contributed by atoms with E-state index in [4.69, 9.17) is 4.74 Å². The zero-order valence-electron chi connectivity index (χ0n) is 10.4. The maximum absolute atomic E-state index is 5.16. The highest BCUT2D eigenvalue weighted by Crippen LogP contribution is 2.28. The molecule has 2 rings (SSSR count). The molecular formula is C14H21NO. The van der Waals surface area contributed by atoms with Crippen LogP contribution in [0.25, 0.3) is 0 Å². The Labute approximate surface area is 98.0 Å². The number of rotatable bonds is 3. The van der Waals surface area contributed by atoms with E-state index in [9.17, 15) is 0 Å². The molecule has 0 aromatic heterocycles. The molecule has 1 N–H and O–H groups in total. The second kappa shape index (κ2) is 4.46.